The lowest BCUT2D eigenvalue weighted by molar-refractivity contribution is 0.102. The zero-order chi connectivity index (χ0) is 18.4. The highest BCUT2D eigenvalue weighted by molar-refractivity contribution is 7.92. The van der Waals surface area contributed by atoms with Crippen molar-refractivity contribution in [1.29, 1.82) is 0 Å². The number of unbranched alkanes of at least 4 members (excludes halogenated alkanes) is 1. The topological polar surface area (TPSA) is 75.3 Å². The number of anilines is 2. The molecule has 5 nitrogen and oxygen atoms in total. The van der Waals surface area contributed by atoms with Gasteiger partial charge >= 0.3 is 0 Å². The second kappa shape index (κ2) is 8.36. The maximum absolute atomic E-state index is 12.3. The lowest BCUT2D eigenvalue weighted by atomic mass is 10.1. The van der Waals surface area contributed by atoms with Crippen LogP contribution in [0.15, 0.2) is 42.5 Å². The molecular formula is C18H21ClN2O3S. The molecule has 0 atom stereocenters. The summed E-state index contributed by atoms with van der Waals surface area (Å²) >= 11 is 6.04. The van der Waals surface area contributed by atoms with Gasteiger partial charge in [-0.2, -0.15) is 0 Å². The Hall–Kier alpha value is -2.05. The van der Waals surface area contributed by atoms with E-state index in [1.165, 1.54) is 23.8 Å². The average molecular weight is 381 g/mol. The summed E-state index contributed by atoms with van der Waals surface area (Å²) in [6.07, 6.45) is 4.34. The van der Waals surface area contributed by atoms with Crippen LogP contribution in [0.4, 0.5) is 11.4 Å². The molecule has 0 aromatic heterocycles. The molecule has 0 aliphatic rings. The molecule has 0 aliphatic heterocycles. The van der Waals surface area contributed by atoms with Crippen LogP contribution < -0.4 is 10.0 Å². The zero-order valence-electron chi connectivity index (χ0n) is 14.2. The molecule has 0 heterocycles. The molecule has 2 aromatic rings. The summed E-state index contributed by atoms with van der Waals surface area (Å²) in [5.41, 5.74) is 2.51. The maximum Gasteiger partial charge on any atom is 0.255 e. The zero-order valence-corrected chi connectivity index (χ0v) is 15.7. The van der Waals surface area contributed by atoms with Crippen molar-refractivity contribution in [2.45, 2.75) is 26.2 Å². The van der Waals surface area contributed by atoms with Crippen molar-refractivity contribution in [2.75, 3.05) is 16.3 Å². The normalized spacial score (nSPS) is 11.2. The van der Waals surface area contributed by atoms with Gasteiger partial charge < -0.3 is 5.32 Å². The van der Waals surface area contributed by atoms with Crippen LogP contribution in [0.25, 0.3) is 0 Å². The lowest BCUT2D eigenvalue weighted by Gasteiger charge is -2.09. The van der Waals surface area contributed by atoms with E-state index in [4.69, 9.17) is 11.6 Å². The molecule has 2 N–H and O–H groups in total. The number of hydrogen-bond acceptors (Lipinski definition) is 3. The van der Waals surface area contributed by atoms with Crippen molar-refractivity contribution in [3.8, 4) is 0 Å². The van der Waals surface area contributed by atoms with Gasteiger partial charge in [0, 0.05) is 11.3 Å². The van der Waals surface area contributed by atoms with Crippen LogP contribution in [-0.4, -0.2) is 20.6 Å². The minimum Gasteiger partial charge on any atom is -0.322 e. The number of benzene rings is 2. The van der Waals surface area contributed by atoms with Gasteiger partial charge in [0.25, 0.3) is 5.91 Å². The molecule has 0 radical (unpaired) electrons. The van der Waals surface area contributed by atoms with Crippen molar-refractivity contribution in [3.63, 3.8) is 0 Å². The molecule has 0 fully saturated rings. The van der Waals surface area contributed by atoms with Gasteiger partial charge in [0.2, 0.25) is 10.0 Å². The Morgan fingerprint density at radius 2 is 1.80 bits per heavy atom. The molecule has 0 unspecified atom stereocenters. The molecule has 0 saturated heterocycles. The summed E-state index contributed by atoms with van der Waals surface area (Å²) in [5.74, 6) is -0.311. The van der Waals surface area contributed by atoms with E-state index in [0.29, 0.717) is 11.3 Å². The van der Waals surface area contributed by atoms with E-state index >= 15 is 0 Å². The van der Waals surface area contributed by atoms with E-state index in [9.17, 15) is 13.2 Å². The summed E-state index contributed by atoms with van der Waals surface area (Å²) in [6, 6.07) is 12.1. The van der Waals surface area contributed by atoms with Gasteiger partial charge in [-0.05, 0) is 48.7 Å². The molecule has 0 saturated carbocycles. The molecule has 2 rings (SSSR count). The van der Waals surface area contributed by atoms with E-state index in [1.54, 1.807) is 0 Å². The number of carbonyl (C=O) groups is 1. The Kier molecular flexibility index (Phi) is 6.45. The number of hydrogen-bond donors (Lipinski definition) is 2. The smallest absolute Gasteiger partial charge is 0.255 e. The van der Waals surface area contributed by atoms with E-state index in [-0.39, 0.29) is 16.6 Å². The second-order valence-electron chi connectivity index (χ2n) is 5.82. The first kappa shape index (κ1) is 19.3. The summed E-state index contributed by atoms with van der Waals surface area (Å²) < 4.78 is 24.8. The van der Waals surface area contributed by atoms with Gasteiger partial charge in [0.05, 0.1) is 17.0 Å². The molecule has 0 bridgehead atoms. The fraction of sp³-hybridized carbons (Fsp3) is 0.278. The average Bonchev–Trinajstić information content (AvgIpc) is 2.55. The quantitative estimate of drug-likeness (QED) is 0.751. The highest BCUT2D eigenvalue weighted by Crippen LogP contribution is 2.24. The number of carbonyl (C=O) groups excluding carboxylic acids is 1. The summed E-state index contributed by atoms with van der Waals surface area (Å²) in [5, 5.41) is 2.96. The van der Waals surface area contributed by atoms with Gasteiger partial charge in [0.1, 0.15) is 0 Å². The highest BCUT2D eigenvalue weighted by Gasteiger charge is 2.11. The summed E-state index contributed by atoms with van der Waals surface area (Å²) in [7, 11) is -3.43. The Bertz CT molecular complexity index is 849. The standard InChI is InChI=1S/C18H21ClN2O3S/c1-3-4-5-13-6-9-15(10-7-13)20-18(22)14-8-11-17(16(19)12-14)21-25(2,23)24/h6-12,21H,3-5H2,1-2H3,(H,20,22). The first-order valence-electron chi connectivity index (χ1n) is 7.96. The summed E-state index contributed by atoms with van der Waals surface area (Å²) in [6.45, 7) is 2.15. The van der Waals surface area contributed by atoms with Crippen molar-refractivity contribution in [3.05, 3.63) is 58.6 Å². The minimum absolute atomic E-state index is 0.160. The highest BCUT2D eigenvalue weighted by atomic mass is 35.5. The Morgan fingerprint density at radius 3 is 2.36 bits per heavy atom. The number of aryl methyl sites for hydroxylation is 1. The largest absolute Gasteiger partial charge is 0.322 e. The van der Waals surface area contributed by atoms with Crippen LogP contribution in [0.1, 0.15) is 35.7 Å². The molecule has 2 aromatic carbocycles. The van der Waals surface area contributed by atoms with Gasteiger partial charge in [0.15, 0.2) is 0 Å². The van der Waals surface area contributed by atoms with Crippen LogP contribution in [0.2, 0.25) is 5.02 Å². The van der Waals surface area contributed by atoms with Crippen molar-refractivity contribution in [1.82, 2.24) is 0 Å². The first-order chi connectivity index (χ1) is 11.8. The SMILES string of the molecule is CCCCc1ccc(NC(=O)c2ccc(NS(C)(=O)=O)c(Cl)c2)cc1. The monoisotopic (exact) mass is 380 g/mol. The minimum atomic E-state index is -3.43. The van der Waals surface area contributed by atoms with Crippen molar-refractivity contribution < 1.29 is 13.2 Å². The number of rotatable bonds is 7. The van der Waals surface area contributed by atoms with Crippen LogP contribution in [0.3, 0.4) is 0 Å². The molecule has 1 amide bonds. The fourth-order valence-corrected chi connectivity index (χ4v) is 3.14. The second-order valence-corrected chi connectivity index (χ2v) is 7.98. The molecule has 25 heavy (non-hydrogen) atoms. The van der Waals surface area contributed by atoms with Crippen LogP contribution in [0, 0.1) is 0 Å². The Labute approximate surface area is 153 Å². The predicted molar refractivity (Wildman–Crippen MR) is 103 cm³/mol. The fourth-order valence-electron chi connectivity index (χ4n) is 2.28. The number of nitrogens with one attached hydrogen (secondary N) is 2. The predicted octanol–water partition coefficient (Wildman–Crippen LogP) is 4.31. The third-order valence-electron chi connectivity index (χ3n) is 3.56. The third-order valence-corrected chi connectivity index (χ3v) is 4.46. The maximum atomic E-state index is 12.3. The molecule has 0 spiro atoms. The molecule has 0 aliphatic carbocycles. The van der Waals surface area contributed by atoms with Crippen molar-refractivity contribution in [2.24, 2.45) is 0 Å². The van der Waals surface area contributed by atoms with E-state index < -0.39 is 10.0 Å². The molecule has 134 valence electrons. The van der Waals surface area contributed by atoms with Gasteiger partial charge in [-0.3, -0.25) is 9.52 Å². The number of sulfonamides is 1. The lowest BCUT2D eigenvalue weighted by Crippen LogP contribution is -2.13. The molecule has 7 heteroatoms. The number of amides is 1. The van der Waals surface area contributed by atoms with Gasteiger partial charge in [-0.1, -0.05) is 37.1 Å². The van der Waals surface area contributed by atoms with Crippen LogP contribution in [0.5, 0.6) is 0 Å². The van der Waals surface area contributed by atoms with E-state index in [0.717, 1.165) is 25.5 Å². The van der Waals surface area contributed by atoms with Crippen LogP contribution in [-0.2, 0) is 16.4 Å². The summed E-state index contributed by atoms with van der Waals surface area (Å²) in [4.78, 5) is 12.3. The van der Waals surface area contributed by atoms with Crippen molar-refractivity contribution >= 4 is 38.9 Å². The van der Waals surface area contributed by atoms with Crippen LogP contribution >= 0.6 is 11.6 Å². The third kappa shape index (κ3) is 6.07. The molecular weight excluding hydrogens is 360 g/mol. The van der Waals surface area contributed by atoms with E-state index in [1.807, 2.05) is 24.3 Å². The van der Waals surface area contributed by atoms with Gasteiger partial charge in [-0.25, -0.2) is 8.42 Å². The first-order valence-corrected chi connectivity index (χ1v) is 10.2. The Morgan fingerprint density at radius 1 is 1.12 bits per heavy atom. The Balaban J connectivity index is 2.06. The van der Waals surface area contributed by atoms with E-state index in [2.05, 4.69) is 17.0 Å². The van der Waals surface area contributed by atoms with Gasteiger partial charge in [-0.15, -0.1) is 0 Å². The number of halogens is 1.